The molecule has 1 aliphatic heterocycles. The molecule has 1 aromatic carbocycles. The van der Waals surface area contributed by atoms with Gasteiger partial charge in [-0.1, -0.05) is 36.7 Å². The zero-order chi connectivity index (χ0) is 11.1. The average molecular weight is 285 g/mol. The van der Waals surface area contributed by atoms with E-state index >= 15 is 0 Å². The Morgan fingerprint density at radius 3 is 2.80 bits per heavy atom. The maximum atomic E-state index is 3.68. The maximum Gasteiger partial charge on any atom is 0.0210 e. The van der Waals surface area contributed by atoms with Crippen LogP contribution in [0.4, 0.5) is 0 Å². The summed E-state index contributed by atoms with van der Waals surface area (Å²) in [6, 6.07) is 4.47. The highest BCUT2D eigenvalue weighted by molar-refractivity contribution is 9.10. The molecule has 0 amide bonds. The average Bonchev–Trinajstić information content (AvgIpc) is 2.18. The van der Waals surface area contributed by atoms with Crippen LogP contribution in [-0.2, 0) is 11.8 Å². The van der Waals surface area contributed by atoms with Crippen molar-refractivity contribution in [2.45, 2.75) is 43.9 Å². The molecule has 2 heteroatoms. The van der Waals surface area contributed by atoms with Crippen molar-refractivity contribution in [1.82, 2.24) is 0 Å². The predicted molar refractivity (Wildman–Crippen MR) is 71.9 cm³/mol. The summed E-state index contributed by atoms with van der Waals surface area (Å²) in [5.41, 5.74) is 3.43. The maximum absolute atomic E-state index is 3.68. The zero-order valence-electron chi connectivity index (χ0n) is 9.56. The highest BCUT2D eigenvalue weighted by atomic mass is 79.9. The molecule has 0 saturated carbocycles. The first-order chi connectivity index (χ1) is 7.06. The molecule has 0 radical (unpaired) electrons. The Kier molecular flexibility index (Phi) is 3.18. The minimum atomic E-state index is 0.343. The Labute approximate surface area is 105 Å². The van der Waals surface area contributed by atoms with Crippen molar-refractivity contribution in [2.75, 3.05) is 5.75 Å². The molecule has 15 heavy (non-hydrogen) atoms. The van der Waals surface area contributed by atoms with Crippen LogP contribution in [0.3, 0.4) is 0 Å². The smallest absolute Gasteiger partial charge is 0.0210 e. The minimum Gasteiger partial charge on any atom is -0.126 e. The van der Waals surface area contributed by atoms with Gasteiger partial charge in [0.2, 0.25) is 0 Å². The van der Waals surface area contributed by atoms with E-state index < -0.39 is 0 Å². The van der Waals surface area contributed by atoms with Gasteiger partial charge >= 0.3 is 0 Å². The van der Waals surface area contributed by atoms with E-state index in [1.54, 1.807) is 5.56 Å². The quantitative estimate of drug-likeness (QED) is 0.715. The molecule has 0 aliphatic carbocycles. The lowest BCUT2D eigenvalue weighted by molar-refractivity contribution is 0.488. The molecule has 1 aromatic rings. The Balaban J connectivity index is 2.66. The first-order valence-electron chi connectivity index (χ1n) is 5.51. The van der Waals surface area contributed by atoms with E-state index in [9.17, 15) is 0 Å². The van der Waals surface area contributed by atoms with Gasteiger partial charge in [0.1, 0.15) is 0 Å². The molecule has 0 fully saturated rings. The molecule has 0 atom stereocenters. The van der Waals surface area contributed by atoms with Crippen LogP contribution in [0.15, 0.2) is 21.5 Å². The van der Waals surface area contributed by atoms with Crippen LogP contribution in [0.1, 0.15) is 38.3 Å². The fraction of sp³-hybridized carbons (Fsp3) is 0.538. The van der Waals surface area contributed by atoms with Gasteiger partial charge in [-0.2, -0.15) is 0 Å². The molecular weight excluding hydrogens is 268 g/mol. The summed E-state index contributed by atoms with van der Waals surface area (Å²) in [6.07, 6.45) is 2.40. The third-order valence-corrected chi connectivity index (χ3v) is 5.03. The highest BCUT2D eigenvalue weighted by Gasteiger charge is 2.30. The molecule has 0 saturated heterocycles. The molecule has 1 heterocycles. The van der Waals surface area contributed by atoms with Crippen molar-refractivity contribution in [3.8, 4) is 0 Å². The summed E-state index contributed by atoms with van der Waals surface area (Å²) in [5, 5.41) is 0. The fourth-order valence-corrected chi connectivity index (χ4v) is 4.50. The molecule has 0 N–H and O–H groups in total. The summed E-state index contributed by atoms with van der Waals surface area (Å²) >= 11 is 5.69. The van der Waals surface area contributed by atoms with E-state index in [2.05, 4.69) is 48.8 Å². The van der Waals surface area contributed by atoms with Crippen LogP contribution in [0.5, 0.6) is 0 Å². The predicted octanol–water partition coefficient (Wildman–Crippen LogP) is 4.78. The number of thioether (sulfide) groups is 1. The van der Waals surface area contributed by atoms with Gasteiger partial charge in [0.05, 0.1) is 0 Å². The molecule has 82 valence electrons. The van der Waals surface area contributed by atoms with Gasteiger partial charge in [-0.05, 0) is 47.3 Å². The van der Waals surface area contributed by atoms with E-state index in [1.807, 2.05) is 11.8 Å². The molecule has 0 nitrogen and oxygen atoms in total. The number of hydrogen-bond acceptors (Lipinski definition) is 1. The second kappa shape index (κ2) is 4.14. The van der Waals surface area contributed by atoms with Crippen molar-refractivity contribution in [3.63, 3.8) is 0 Å². The normalized spacial score (nSPS) is 18.7. The van der Waals surface area contributed by atoms with Crippen molar-refractivity contribution < 1.29 is 0 Å². The van der Waals surface area contributed by atoms with Gasteiger partial charge in [0, 0.05) is 9.37 Å². The Morgan fingerprint density at radius 1 is 1.40 bits per heavy atom. The van der Waals surface area contributed by atoms with E-state index in [1.165, 1.54) is 27.1 Å². The summed E-state index contributed by atoms with van der Waals surface area (Å²) in [5.74, 6) is 1.25. The first-order valence-corrected chi connectivity index (χ1v) is 7.29. The van der Waals surface area contributed by atoms with Crippen molar-refractivity contribution in [2.24, 2.45) is 0 Å². The third-order valence-electron chi connectivity index (χ3n) is 3.23. The lowest BCUT2D eigenvalue weighted by Crippen LogP contribution is -2.24. The van der Waals surface area contributed by atoms with E-state index in [4.69, 9.17) is 0 Å². The van der Waals surface area contributed by atoms with E-state index in [0.29, 0.717) is 5.41 Å². The molecule has 1 aliphatic rings. The standard InChI is InChI=1S/C13H17BrS/c1-4-9-10(14)5-6-11-12(9)13(2,3)7-8-15-11/h5-6H,4,7-8H2,1-3H3. The van der Waals surface area contributed by atoms with Gasteiger partial charge in [0.25, 0.3) is 0 Å². The number of hydrogen-bond donors (Lipinski definition) is 0. The highest BCUT2D eigenvalue weighted by Crippen LogP contribution is 2.45. The number of fused-ring (bicyclic) bond motifs is 1. The fourth-order valence-electron chi connectivity index (χ4n) is 2.35. The SMILES string of the molecule is CCc1c(Br)ccc2c1C(C)(C)CCS2. The molecule has 2 rings (SSSR count). The lowest BCUT2D eigenvalue weighted by Gasteiger charge is -2.34. The summed E-state index contributed by atoms with van der Waals surface area (Å²) in [7, 11) is 0. The van der Waals surface area contributed by atoms with Gasteiger partial charge in [-0.15, -0.1) is 11.8 Å². The van der Waals surface area contributed by atoms with Crippen molar-refractivity contribution in [1.29, 1.82) is 0 Å². The van der Waals surface area contributed by atoms with Crippen LogP contribution in [0, 0.1) is 0 Å². The second-order valence-corrected chi connectivity index (χ2v) is 6.73. The second-order valence-electron chi connectivity index (χ2n) is 4.73. The summed E-state index contributed by atoms with van der Waals surface area (Å²) in [4.78, 5) is 1.49. The van der Waals surface area contributed by atoms with Gasteiger partial charge in [-0.3, -0.25) is 0 Å². The van der Waals surface area contributed by atoms with Crippen LogP contribution in [-0.4, -0.2) is 5.75 Å². The Morgan fingerprint density at radius 2 is 2.13 bits per heavy atom. The van der Waals surface area contributed by atoms with Gasteiger partial charge < -0.3 is 0 Å². The van der Waals surface area contributed by atoms with E-state index in [-0.39, 0.29) is 0 Å². The van der Waals surface area contributed by atoms with Crippen LogP contribution in [0.2, 0.25) is 0 Å². The molecule has 0 aromatic heterocycles. The largest absolute Gasteiger partial charge is 0.126 e. The number of rotatable bonds is 1. The first kappa shape index (κ1) is 11.5. The third kappa shape index (κ3) is 1.99. The topological polar surface area (TPSA) is 0 Å². The summed E-state index contributed by atoms with van der Waals surface area (Å²) < 4.78 is 1.28. The molecule has 0 spiro atoms. The van der Waals surface area contributed by atoms with Gasteiger partial charge in [-0.25, -0.2) is 0 Å². The van der Waals surface area contributed by atoms with Crippen molar-refractivity contribution >= 4 is 27.7 Å². The van der Waals surface area contributed by atoms with Crippen LogP contribution < -0.4 is 0 Å². The van der Waals surface area contributed by atoms with Crippen LogP contribution in [0.25, 0.3) is 0 Å². The molecule has 0 bridgehead atoms. The lowest BCUT2D eigenvalue weighted by atomic mass is 9.78. The number of halogens is 1. The zero-order valence-corrected chi connectivity index (χ0v) is 12.0. The van der Waals surface area contributed by atoms with Crippen LogP contribution >= 0.6 is 27.7 Å². The molecule has 0 unspecified atom stereocenters. The Bertz CT molecular complexity index is 382. The monoisotopic (exact) mass is 284 g/mol. The number of benzene rings is 1. The van der Waals surface area contributed by atoms with Gasteiger partial charge in [0.15, 0.2) is 0 Å². The molecular formula is C13H17BrS. The van der Waals surface area contributed by atoms with Crippen molar-refractivity contribution in [3.05, 3.63) is 27.7 Å². The Hall–Kier alpha value is 0.0500. The summed E-state index contributed by atoms with van der Waals surface area (Å²) in [6.45, 7) is 6.99. The minimum absolute atomic E-state index is 0.343. The van der Waals surface area contributed by atoms with E-state index in [0.717, 1.165) is 6.42 Å².